The number of nitrogens with zero attached hydrogens (tertiary/aromatic N) is 1. The van der Waals surface area contributed by atoms with E-state index in [0.29, 0.717) is 17.9 Å². The summed E-state index contributed by atoms with van der Waals surface area (Å²) >= 11 is 0. The number of ether oxygens (including phenoxy) is 2. The van der Waals surface area contributed by atoms with Crippen LogP contribution in [0.3, 0.4) is 0 Å². The summed E-state index contributed by atoms with van der Waals surface area (Å²) in [7, 11) is 1.34. The molecule has 0 saturated carbocycles. The van der Waals surface area contributed by atoms with Crippen LogP contribution in [0.5, 0.6) is 5.75 Å². The Morgan fingerprint density at radius 2 is 1.50 bits per heavy atom. The highest BCUT2D eigenvalue weighted by atomic mass is 16.5. The van der Waals surface area contributed by atoms with Gasteiger partial charge in [0.2, 0.25) is 0 Å². The maximum atomic E-state index is 11.5. The molecule has 28 heavy (non-hydrogen) atoms. The van der Waals surface area contributed by atoms with Crippen LogP contribution in [0.1, 0.15) is 10.4 Å². The summed E-state index contributed by atoms with van der Waals surface area (Å²) < 4.78 is 12.5. The first kappa shape index (κ1) is 18.1. The van der Waals surface area contributed by atoms with E-state index in [1.54, 1.807) is 24.3 Å². The van der Waals surface area contributed by atoms with Gasteiger partial charge in [0.1, 0.15) is 18.5 Å². The van der Waals surface area contributed by atoms with Crippen LogP contribution >= 0.6 is 0 Å². The van der Waals surface area contributed by atoms with Crippen molar-refractivity contribution in [2.75, 3.05) is 13.7 Å². The summed E-state index contributed by atoms with van der Waals surface area (Å²) in [5.74, 6) is 0.201. The number of hydrogen-bond acceptors (Lipinski definition) is 4. The average molecular weight is 375 g/mol. The minimum absolute atomic E-state index is 0.151. The number of aliphatic hydroxyl groups excluding tert-OH is 1. The van der Waals surface area contributed by atoms with E-state index in [4.69, 9.17) is 4.74 Å². The smallest absolute Gasteiger partial charge is 0.337 e. The molecular weight excluding hydrogens is 354 g/mol. The molecule has 0 amide bonds. The maximum absolute atomic E-state index is 11.5. The van der Waals surface area contributed by atoms with Crippen molar-refractivity contribution in [1.82, 2.24) is 4.57 Å². The molecule has 0 spiro atoms. The Morgan fingerprint density at radius 3 is 2.07 bits per heavy atom. The lowest BCUT2D eigenvalue weighted by Crippen LogP contribution is -2.23. The van der Waals surface area contributed by atoms with Crippen molar-refractivity contribution >= 4 is 27.8 Å². The zero-order chi connectivity index (χ0) is 19.5. The maximum Gasteiger partial charge on any atom is 0.337 e. The number of benzene rings is 3. The van der Waals surface area contributed by atoms with E-state index in [9.17, 15) is 9.90 Å². The topological polar surface area (TPSA) is 60.7 Å². The Hall–Kier alpha value is -3.31. The molecular formula is C23H21NO4. The van der Waals surface area contributed by atoms with Gasteiger partial charge < -0.3 is 19.1 Å². The SMILES string of the molecule is COC(=O)c1ccc(OC[C@@H](O)Cn2c3ccccc3c3ccccc32)cc1. The van der Waals surface area contributed by atoms with Crippen molar-refractivity contribution in [1.29, 1.82) is 0 Å². The molecule has 0 unspecified atom stereocenters. The second-order valence-electron chi connectivity index (χ2n) is 6.63. The molecule has 5 nitrogen and oxygen atoms in total. The molecule has 0 aliphatic carbocycles. The van der Waals surface area contributed by atoms with Gasteiger partial charge in [0.15, 0.2) is 0 Å². The van der Waals surface area contributed by atoms with Crippen LogP contribution in [0.25, 0.3) is 21.8 Å². The van der Waals surface area contributed by atoms with E-state index in [1.165, 1.54) is 17.9 Å². The summed E-state index contributed by atoms with van der Waals surface area (Å²) in [6.07, 6.45) is -0.681. The van der Waals surface area contributed by atoms with Crippen molar-refractivity contribution < 1.29 is 19.4 Å². The number of hydrogen-bond donors (Lipinski definition) is 1. The first-order chi connectivity index (χ1) is 13.7. The number of aliphatic hydroxyl groups is 1. The normalized spacial score (nSPS) is 12.2. The molecule has 0 bridgehead atoms. The third-order valence-electron chi connectivity index (χ3n) is 4.79. The number of para-hydroxylation sites is 2. The number of carbonyl (C=O) groups is 1. The molecule has 0 aliphatic rings. The van der Waals surface area contributed by atoms with Gasteiger partial charge in [0.25, 0.3) is 0 Å². The summed E-state index contributed by atoms with van der Waals surface area (Å²) in [6, 6.07) is 23.0. The molecule has 0 fully saturated rings. The van der Waals surface area contributed by atoms with Crippen LogP contribution in [-0.2, 0) is 11.3 Å². The third-order valence-corrected chi connectivity index (χ3v) is 4.79. The van der Waals surface area contributed by atoms with Crippen LogP contribution in [0.15, 0.2) is 72.8 Å². The van der Waals surface area contributed by atoms with E-state index >= 15 is 0 Å². The molecule has 0 saturated heterocycles. The van der Waals surface area contributed by atoms with Gasteiger partial charge in [0, 0.05) is 21.8 Å². The second kappa shape index (κ2) is 7.74. The predicted octanol–water partition coefficient (Wildman–Crippen LogP) is 4.02. The van der Waals surface area contributed by atoms with Gasteiger partial charge in [-0.15, -0.1) is 0 Å². The molecule has 0 radical (unpaired) electrons. The van der Waals surface area contributed by atoms with Crippen LogP contribution in [0, 0.1) is 0 Å². The largest absolute Gasteiger partial charge is 0.491 e. The molecule has 1 atom stereocenters. The van der Waals surface area contributed by atoms with Gasteiger partial charge in [-0.3, -0.25) is 0 Å². The highest BCUT2D eigenvalue weighted by Crippen LogP contribution is 2.28. The Balaban J connectivity index is 1.49. The molecule has 4 aromatic rings. The Morgan fingerprint density at radius 1 is 0.929 bits per heavy atom. The molecule has 5 heteroatoms. The second-order valence-corrected chi connectivity index (χ2v) is 6.63. The molecule has 1 heterocycles. The average Bonchev–Trinajstić information content (AvgIpc) is 3.06. The number of methoxy groups -OCH3 is 1. The van der Waals surface area contributed by atoms with Crippen molar-refractivity contribution in [3.63, 3.8) is 0 Å². The fourth-order valence-electron chi connectivity index (χ4n) is 3.46. The first-order valence-corrected chi connectivity index (χ1v) is 9.12. The van der Waals surface area contributed by atoms with Gasteiger partial charge in [-0.2, -0.15) is 0 Å². The predicted molar refractivity (Wildman–Crippen MR) is 109 cm³/mol. The standard InChI is InChI=1S/C23H21NO4/c1-27-23(26)16-10-12-18(13-11-16)28-15-17(25)14-24-21-8-4-2-6-19(21)20-7-3-5-9-22(20)24/h2-13,17,25H,14-15H2,1H3/t17-/m0/s1. The highest BCUT2D eigenvalue weighted by Gasteiger charge is 2.14. The number of rotatable bonds is 6. The molecule has 1 N–H and O–H groups in total. The summed E-state index contributed by atoms with van der Waals surface area (Å²) in [6.45, 7) is 0.576. The van der Waals surface area contributed by atoms with Gasteiger partial charge in [-0.1, -0.05) is 36.4 Å². The first-order valence-electron chi connectivity index (χ1n) is 9.12. The summed E-state index contributed by atoms with van der Waals surface area (Å²) in [5, 5.41) is 12.9. The Bertz CT molecular complexity index is 1060. The summed E-state index contributed by atoms with van der Waals surface area (Å²) in [4.78, 5) is 11.5. The van der Waals surface area contributed by atoms with Crippen LogP contribution < -0.4 is 4.74 Å². The van der Waals surface area contributed by atoms with Gasteiger partial charge in [0.05, 0.1) is 19.2 Å². The fraction of sp³-hybridized carbons (Fsp3) is 0.174. The molecule has 0 aliphatic heterocycles. The molecule has 4 rings (SSSR count). The van der Waals surface area contributed by atoms with Crippen molar-refractivity contribution in [3.05, 3.63) is 78.4 Å². The monoisotopic (exact) mass is 375 g/mol. The highest BCUT2D eigenvalue weighted by molar-refractivity contribution is 6.07. The van der Waals surface area contributed by atoms with E-state index < -0.39 is 12.1 Å². The van der Waals surface area contributed by atoms with Gasteiger partial charge in [-0.05, 0) is 36.4 Å². The minimum Gasteiger partial charge on any atom is -0.491 e. The van der Waals surface area contributed by atoms with E-state index in [0.717, 1.165) is 11.0 Å². The van der Waals surface area contributed by atoms with E-state index in [1.807, 2.05) is 24.3 Å². The Kier molecular flexibility index (Phi) is 5.00. The van der Waals surface area contributed by atoms with E-state index in [2.05, 4.69) is 33.6 Å². The van der Waals surface area contributed by atoms with Gasteiger partial charge >= 0.3 is 5.97 Å². The van der Waals surface area contributed by atoms with Crippen molar-refractivity contribution in [3.8, 4) is 5.75 Å². The molecule has 142 valence electrons. The lowest BCUT2D eigenvalue weighted by molar-refractivity contribution is 0.0600. The number of aromatic nitrogens is 1. The fourth-order valence-corrected chi connectivity index (χ4v) is 3.46. The van der Waals surface area contributed by atoms with Crippen LogP contribution in [-0.4, -0.2) is 35.5 Å². The minimum atomic E-state index is -0.681. The number of fused-ring (bicyclic) bond motifs is 3. The lowest BCUT2D eigenvalue weighted by Gasteiger charge is -2.15. The lowest BCUT2D eigenvalue weighted by atomic mass is 10.2. The molecule has 3 aromatic carbocycles. The Labute approximate surface area is 162 Å². The zero-order valence-electron chi connectivity index (χ0n) is 15.5. The van der Waals surface area contributed by atoms with Gasteiger partial charge in [-0.25, -0.2) is 4.79 Å². The molecule has 1 aromatic heterocycles. The van der Waals surface area contributed by atoms with E-state index in [-0.39, 0.29) is 6.61 Å². The van der Waals surface area contributed by atoms with Crippen molar-refractivity contribution in [2.45, 2.75) is 12.6 Å². The summed E-state index contributed by atoms with van der Waals surface area (Å²) in [5.41, 5.74) is 2.64. The zero-order valence-corrected chi connectivity index (χ0v) is 15.5. The number of esters is 1. The van der Waals surface area contributed by atoms with Crippen molar-refractivity contribution in [2.24, 2.45) is 0 Å². The van der Waals surface area contributed by atoms with Crippen LogP contribution in [0.2, 0.25) is 0 Å². The number of carbonyl (C=O) groups excluding carboxylic acids is 1. The van der Waals surface area contributed by atoms with Crippen LogP contribution in [0.4, 0.5) is 0 Å². The quantitative estimate of drug-likeness (QED) is 0.517. The third kappa shape index (κ3) is 3.44.